The number of Topliss-reactive ketones (excluding diaryl/α,β-unsaturated/α-hetero) is 1. The molecule has 0 radical (unpaired) electrons. The highest BCUT2D eigenvalue weighted by Crippen LogP contribution is 2.17. The zero-order valence-corrected chi connectivity index (χ0v) is 10.7. The SMILES string of the molecule is N#Cc1cccc(OCC(=O)c2ccccc2Cl)c1. The van der Waals surface area contributed by atoms with Crippen molar-refractivity contribution in [3.05, 3.63) is 64.7 Å². The summed E-state index contributed by atoms with van der Waals surface area (Å²) >= 11 is 5.93. The normalized spacial score (nSPS) is 9.68. The maximum atomic E-state index is 11.9. The van der Waals surface area contributed by atoms with E-state index in [4.69, 9.17) is 21.6 Å². The van der Waals surface area contributed by atoms with Crippen molar-refractivity contribution in [2.45, 2.75) is 0 Å². The molecule has 0 aliphatic heterocycles. The Hall–Kier alpha value is -2.31. The minimum absolute atomic E-state index is 0.112. The van der Waals surface area contributed by atoms with Gasteiger partial charge in [-0.05, 0) is 30.3 Å². The molecule has 19 heavy (non-hydrogen) atoms. The number of benzene rings is 2. The van der Waals surface area contributed by atoms with E-state index in [0.29, 0.717) is 21.9 Å². The lowest BCUT2D eigenvalue weighted by Gasteiger charge is -2.06. The first-order valence-corrected chi connectivity index (χ1v) is 5.99. The summed E-state index contributed by atoms with van der Waals surface area (Å²) in [6.07, 6.45) is 0. The van der Waals surface area contributed by atoms with Gasteiger partial charge in [0.1, 0.15) is 5.75 Å². The van der Waals surface area contributed by atoms with Crippen LogP contribution in [0.1, 0.15) is 15.9 Å². The standard InChI is InChI=1S/C15H10ClNO2/c16-14-7-2-1-6-13(14)15(18)10-19-12-5-3-4-11(8-12)9-17/h1-8H,10H2. The van der Waals surface area contributed by atoms with E-state index in [1.54, 1.807) is 48.5 Å². The summed E-state index contributed by atoms with van der Waals surface area (Å²) in [5, 5.41) is 9.17. The summed E-state index contributed by atoms with van der Waals surface area (Å²) in [7, 11) is 0. The van der Waals surface area contributed by atoms with Crippen LogP contribution in [0.3, 0.4) is 0 Å². The molecule has 0 heterocycles. The maximum absolute atomic E-state index is 11.9. The third-order valence-corrected chi connectivity index (χ3v) is 2.84. The second-order valence-corrected chi connectivity index (χ2v) is 4.24. The average molecular weight is 272 g/mol. The van der Waals surface area contributed by atoms with E-state index in [2.05, 4.69) is 0 Å². The Morgan fingerprint density at radius 1 is 1.21 bits per heavy atom. The van der Waals surface area contributed by atoms with Crippen LogP contribution in [0.4, 0.5) is 0 Å². The first-order valence-electron chi connectivity index (χ1n) is 5.61. The number of hydrogen-bond acceptors (Lipinski definition) is 3. The van der Waals surface area contributed by atoms with Crippen LogP contribution >= 0.6 is 11.6 Å². The Bertz CT molecular complexity index is 647. The molecule has 2 aromatic rings. The molecule has 0 aliphatic rings. The third-order valence-electron chi connectivity index (χ3n) is 2.51. The smallest absolute Gasteiger partial charge is 0.201 e. The molecule has 0 spiro atoms. The molecular formula is C15H10ClNO2. The van der Waals surface area contributed by atoms with Gasteiger partial charge in [-0.2, -0.15) is 5.26 Å². The Kier molecular flexibility index (Phi) is 4.17. The van der Waals surface area contributed by atoms with E-state index in [0.717, 1.165) is 0 Å². The van der Waals surface area contributed by atoms with Crippen molar-refractivity contribution in [1.82, 2.24) is 0 Å². The van der Waals surface area contributed by atoms with Crippen molar-refractivity contribution >= 4 is 17.4 Å². The molecular weight excluding hydrogens is 262 g/mol. The van der Waals surface area contributed by atoms with Crippen LogP contribution in [-0.2, 0) is 0 Å². The van der Waals surface area contributed by atoms with Crippen molar-refractivity contribution in [2.75, 3.05) is 6.61 Å². The fraction of sp³-hybridized carbons (Fsp3) is 0.0667. The van der Waals surface area contributed by atoms with E-state index < -0.39 is 0 Å². The average Bonchev–Trinajstić information content (AvgIpc) is 2.45. The number of halogens is 1. The summed E-state index contributed by atoms with van der Waals surface area (Å²) in [6.45, 7) is -0.112. The molecule has 4 heteroatoms. The fourth-order valence-corrected chi connectivity index (χ4v) is 1.81. The predicted molar refractivity (Wildman–Crippen MR) is 72.4 cm³/mol. The molecule has 0 N–H and O–H groups in total. The van der Waals surface area contributed by atoms with Crippen LogP contribution in [0.25, 0.3) is 0 Å². The summed E-state index contributed by atoms with van der Waals surface area (Å²) in [6, 6.07) is 15.5. The minimum atomic E-state index is -0.201. The first-order chi connectivity index (χ1) is 9.20. The van der Waals surface area contributed by atoms with Gasteiger partial charge in [0, 0.05) is 5.56 Å². The van der Waals surface area contributed by atoms with Gasteiger partial charge in [-0.3, -0.25) is 4.79 Å². The van der Waals surface area contributed by atoms with Gasteiger partial charge in [0.2, 0.25) is 5.78 Å². The summed E-state index contributed by atoms with van der Waals surface area (Å²) < 4.78 is 5.36. The molecule has 94 valence electrons. The Balaban J connectivity index is 2.05. The maximum Gasteiger partial charge on any atom is 0.201 e. The number of nitrogens with zero attached hydrogens (tertiary/aromatic N) is 1. The van der Waals surface area contributed by atoms with Crippen molar-refractivity contribution in [3.8, 4) is 11.8 Å². The number of ether oxygens (including phenoxy) is 1. The Morgan fingerprint density at radius 3 is 2.74 bits per heavy atom. The van der Waals surface area contributed by atoms with Crippen LogP contribution in [-0.4, -0.2) is 12.4 Å². The van der Waals surface area contributed by atoms with Gasteiger partial charge >= 0.3 is 0 Å². The Labute approximate surface area is 116 Å². The molecule has 0 fully saturated rings. The number of nitriles is 1. The van der Waals surface area contributed by atoms with E-state index in [1.807, 2.05) is 6.07 Å². The zero-order chi connectivity index (χ0) is 13.7. The van der Waals surface area contributed by atoms with E-state index in [9.17, 15) is 4.79 Å². The third kappa shape index (κ3) is 3.34. The molecule has 2 aromatic carbocycles. The zero-order valence-electron chi connectivity index (χ0n) is 9.97. The lowest BCUT2D eigenvalue weighted by atomic mass is 10.1. The van der Waals surface area contributed by atoms with E-state index in [-0.39, 0.29) is 12.4 Å². The number of hydrogen-bond donors (Lipinski definition) is 0. The number of carbonyl (C=O) groups is 1. The molecule has 0 atom stereocenters. The van der Waals surface area contributed by atoms with Crippen molar-refractivity contribution in [1.29, 1.82) is 5.26 Å². The second-order valence-electron chi connectivity index (χ2n) is 3.83. The predicted octanol–water partition coefficient (Wildman–Crippen LogP) is 3.47. The highest BCUT2D eigenvalue weighted by Gasteiger charge is 2.10. The van der Waals surface area contributed by atoms with Gasteiger partial charge in [0.05, 0.1) is 16.7 Å². The topological polar surface area (TPSA) is 50.1 Å². The number of carbonyl (C=O) groups excluding carboxylic acids is 1. The van der Waals surface area contributed by atoms with Gasteiger partial charge in [0.15, 0.2) is 6.61 Å². The van der Waals surface area contributed by atoms with Gasteiger partial charge in [-0.15, -0.1) is 0 Å². The van der Waals surface area contributed by atoms with E-state index >= 15 is 0 Å². The number of rotatable bonds is 4. The second kappa shape index (κ2) is 6.03. The van der Waals surface area contributed by atoms with Crippen LogP contribution in [0.5, 0.6) is 5.75 Å². The molecule has 0 aromatic heterocycles. The molecule has 0 bridgehead atoms. The summed E-state index contributed by atoms with van der Waals surface area (Å²) in [5.74, 6) is 0.285. The lowest BCUT2D eigenvalue weighted by molar-refractivity contribution is 0.0921. The van der Waals surface area contributed by atoms with E-state index in [1.165, 1.54) is 0 Å². The summed E-state index contributed by atoms with van der Waals surface area (Å²) in [4.78, 5) is 11.9. The molecule has 0 saturated heterocycles. The van der Waals surface area contributed by atoms with Gasteiger partial charge < -0.3 is 4.74 Å². The fourth-order valence-electron chi connectivity index (χ4n) is 1.57. The van der Waals surface area contributed by atoms with Gasteiger partial charge in [-0.25, -0.2) is 0 Å². The van der Waals surface area contributed by atoms with Gasteiger partial charge in [-0.1, -0.05) is 29.8 Å². The largest absolute Gasteiger partial charge is 0.485 e. The Morgan fingerprint density at radius 2 is 2.00 bits per heavy atom. The van der Waals surface area contributed by atoms with Crippen molar-refractivity contribution < 1.29 is 9.53 Å². The molecule has 0 aliphatic carbocycles. The van der Waals surface area contributed by atoms with Crippen molar-refractivity contribution in [2.24, 2.45) is 0 Å². The van der Waals surface area contributed by atoms with Crippen LogP contribution in [0.15, 0.2) is 48.5 Å². The van der Waals surface area contributed by atoms with Crippen LogP contribution in [0.2, 0.25) is 5.02 Å². The highest BCUT2D eigenvalue weighted by atomic mass is 35.5. The summed E-state index contributed by atoms with van der Waals surface area (Å²) in [5.41, 5.74) is 0.920. The minimum Gasteiger partial charge on any atom is -0.485 e. The first kappa shape index (κ1) is 13.1. The molecule has 2 rings (SSSR count). The molecule has 0 unspecified atom stereocenters. The molecule has 0 saturated carbocycles. The lowest BCUT2D eigenvalue weighted by Crippen LogP contribution is -2.12. The van der Waals surface area contributed by atoms with Gasteiger partial charge in [0.25, 0.3) is 0 Å². The van der Waals surface area contributed by atoms with Crippen LogP contribution in [0, 0.1) is 11.3 Å². The van der Waals surface area contributed by atoms with Crippen molar-refractivity contribution in [3.63, 3.8) is 0 Å². The van der Waals surface area contributed by atoms with Crippen LogP contribution < -0.4 is 4.74 Å². The monoisotopic (exact) mass is 271 g/mol. The highest BCUT2D eigenvalue weighted by molar-refractivity contribution is 6.34. The number of ketones is 1. The molecule has 0 amide bonds. The quantitative estimate of drug-likeness (QED) is 0.800. The molecule has 3 nitrogen and oxygen atoms in total.